The van der Waals surface area contributed by atoms with E-state index in [1.807, 2.05) is 6.08 Å². The Bertz CT molecular complexity index is 1400. The summed E-state index contributed by atoms with van der Waals surface area (Å²) in [6.45, 7) is 13.4. The number of allylic oxidation sites excluding steroid dienone is 5. The maximum Gasteiger partial charge on any atom is 0.371 e. The van der Waals surface area contributed by atoms with Gasteiger partial charge in [0, 0.05) is 23.8 Å². The van der Waals surface area contributed by atoms with E-state index in [-0.39, 0.29) is 57.5 Å². The molecule has 0 saturated heterocycles. The van der Waals surface area contributed by atoms with E-state index in [2.05, 4.69) is 49.9 Å². The Balaban J connectivity index is 0.000000479. The number of fused-ring (bicyclic) bond motifs is 5. The molecule has 7 unspecified atom stereocenters. The number of halogens is 1. The number of carbonyl (C=O) groups excluding carboxylic acids is 2. The Labute approximate surface area is 263 Å². The van der Waals surface area contributed by atoms with Crippen molar-refractivity contribution in [3.05, 3.63) is 60.3 Å². The van der Waals surface area contributed by atoms with Crippen molar-refractivity contribution in [3.8, 4) is 12.0 Å². The number of alkyl halides is 1. The molecule has 0 aromatic carbocycles. The molecule has 1 aromatic rings. The van der Waals surface area contributed by atoms with Crippen LogP contribution in [0.1, 0.15) is 77.3 Å². The van der Waals surface area contributed by atoms with E-state index < -0.39 is 11.6 Å². The van der Waals surface area contributed by atoms with Crippen LogP contribution < -0.4 is 5.73 Å². The van der Waals surface area contributed by atoms with Gasteiger partial charge < -0.3 is 20.0 Å². The number of carbonyl (C=O) groups is 3. The van der Waals surface area contributed by atoms with Gasteiger partial charge in [-0.05, 0) is 98.8 Å². The molecule has 3 fully saturated rings. The summed E-state index contributed by atoms with van der Waals surface area (Å²) in [5.41, 5.74) is 6.46. The van der Waals surface area contributed by atoms with Crippen molar-refractivity contribution in [2.24, 2.45) is 46.2 Å². The van der Waals surface area contributed by atoms with E-state index in [4.69, 9.17) is 15.6 Å². The summed E-state index contributed by atoms with van der Waals surface area (Å²) < 4.78 is 23.4. The SMILES string of the molecule is C=C(CC(C)(C)F)OC#CCSC(=O)C1[C@H](C)CC2C3CCC4=CC(=O)C=CC4(C)C3C(N)CC21C.O=C(O)c1ccco1. The summed E-state index contributed by atoms with van der Waals surface area (Å²) in [4.78, 5) is 35.5. The Morgan fingerprint density at radius 3 is 2.68 bits per heavy atom. The van der Waals surface area contributed by atoms with E-state index in [0.29, 0.717) is 23.5 Å². The van der Waals surface area contributed by atoms with Crippen LogP contribution in [0.25, 0.3) is 0 Å². The minimum absolute atomic E-state index is 0.0210. The highest BCUT2D eigenvalue weighted by Gasteiger charge is 2.63. The molecule has 3 N–H and O–H groups in total. The molecule has 1 heterocycles. The molecular formula is C35H44FNO6S. The van der Waals surface area contributed by atoms with E-state index in [0.717, 1.165) is 25.7 Å². The molecule has 5 rings (SSSR count). The Kier molecular flexibility index (Phi) is 10.1. The third kappa shape index (κ3) is 7.07. The summed E-state index contributed by atoms with van der Waals surface area (Å²) in [5.74, 6) is 3.92. The number of hydrogen-bond acceptors (Lipinski definition) is 7. The third-order valence-corrected chi connectivity index (χ3v) is 10.9. The molecule has 1 aromatic heterocycles. The van der Waals surface area contributed by atoms with Crippen LogP contribution in [-0.4, -0.2) is 39.4 Å². The van der Waals surface area contributed by atoms with Crippen molar-refractivity contribution in [3.63, 3.8) is 0 Å². The maximum absolute atomic E-state index is 13.7. The second-order valence-corrected chi connectivity index (χ2v) is 14.8. The average Bonchev–Trinajstić information content (AvgIpc) is 3.54. The van der Waals surface area contributed by atoms with Gasteiger partial charge in [0.1, 0.15) is 17.5 Å². The highest BCUT2D eigenvalue weighted by Crippen LogP contribution is 2.67. The highest BCUT2D eigenvalue weighted by molar-refractivity contribution is 8.13. The zero-order valence-electron chi connectivity index (χ0n) is 26.2. The molecule has 4 aliphatic rings. The fourth-order valence-corrected chi connectivity index (χ4v) is 9.52. The Morgan fingerprint density at radius 2 is 2.07 bits per heavy atom. The van der Waals surface area contributed by atoms with Gasteiger partial charge in [0.15, 0.2) is 10.9 Å². The van der Waals surface area contributed by atoms with Gasteiger partial charge in [-0.1, -0.05) is 50.8 Å². The van der Waals surface area contributed by atoms with Crippen LogP contribution >= 0.6 is 11.8 Å². The summed E-state index contributed by atoms with van der Waals surface area (Å²) in [5, 5.41) is 8.36. The number of thioether (sulfide) groups is 1. The minimum Gasteiger partial charge on any atom is -0.475 e. The molecule has 0 aliphatic heterocycles. The highest BCUT2D eigenvalue weighted by atomic mass is 32.2. The van der Waals surface area contributed by atoms with Gasteiger partial charge in [0.05, 0.1) is 12.0 Å². The fraction of sp³-hybridized carbons (Fsp3) is 0.571. The lowest BCUT2D eigenvalue weighted by Gasteiger charge is -2.59. The number of nitrogens with two attached hydrogens (primary N) is 1. The number of furan rings is 1. The van der Waals surface area contributed by atoms with Crippen molar-refractivity contribution in [2.45, 2.75) is 78.4 Å². The first kappa shape index (κ1) is 33.8. The molecule has 44 heavy (non-hydrogen) atoms. The summed E-state index contributed by atoms with van der Waals surface area (Å²) >= 11 is 1.25. The largest absolute Gasteiger partial charge is 0.475 e. The molecular weight excluding hydrogens is 581 g/mol. The monoisotopic (exact) mass is 625 g/mol. The molecule has 8 atom stereocenters. The van der Waals surface area contributed by atoms with Crippen molar-refractivity contribution >= 4 is 28.6 Å². The van der Waals surface area contributed by atoms with E-state index in [1.165, 1.54) is 49.6 Å². The van der Waals surface area contributed by atoms with Crippen molar-refractivity contribution in [2.75, 3.05) is 5.75 Å². The lowest BCUT2D eigenvalue weighted by atomic mass is 9.46. The van der Waals surface area contributed by atoms with Gasteiger partial charge in [-0.2, -0.15) is 0 Å². The average molecular weight is 626 g/mol. The molecule has 4 aliphatic carbocycles. The number of carboxylic acid groups (broad SMARTS) is 1. The van der Waals surface area contributed by atoms with Crippen LogP contribution in [0.3, 0.4) is 0 Å². The summed E-state index contributed by atoms with van der Waals surface area (Å²) in [7, 11) is 0. The normalized spacial score (nSPS) is 33.7. The van der Waals surface area contributed by atoms with E-state index in [9.17, 15) is 18.8 Å². The zero-order chi connectivity index (χ0) is 32.4. The van der Waals surface area contributed by atoms with Crippen molar-refractivity contribution in [1.29, 1.82) is 0 Å². The van der Waals surface area contributed by atoms with Crippen LogP contribution in [0, 0.1) is 52.4 Å². The van der Waals surface area contributed by atoms with Gasteiger partial charge in [-0.15, -0.1) is 0 Å². The maximum atomic E-state index is 13.7. The van der Waals surface area contributed by atoms with E-state index >= 15 is 0 Å². The molecule has 0 amide bonds. The van der Waals surface area contributed by atoms with Crippen LogP contribution in [0.2, 0.25) is 0 Å². The molecule has 0 spiro atoms. The molecule has 0 radical (unpaired) electrons. The number of hydrogen-bond donors (Lipinski definition) is 2. The van der Waals surface area contributed by atoms with Crippen LogP contribution in [0.4, 0.5) is 4.39 Å². The number of carboxylic acids is 1. The first-order valence-electron chi connectivity index (χ1n) is 15.2. The van der Waals surface area contributed by atoms with Crippen molar-refractivity contribution < 1.29 is 33.0 Å². The predicted octanol–water partition coefficient (Wildman–Crippen LogP) is 6.96. The molecule has 7 nitrogen and oxygen atoms in total. The molecule has 9 heteroatoms. The summed E-state index contributed by atoms with van der Waals surface area (Å²) in [6.07, 6.45) is 13.4. The standard InChI is InChI=1S/C30H40FNO3S.C5H4O3/c1-18-14-23-22-9-8-20-15-21(33)10-11-29(20,5)26(22)24(32)17-30(23,6)25(18)27(34)36-13-7-12-35-19(2)16-28(3,4)31;6-5(7)4-2-1-3-8-4/h10-11,15,18,22-26H,2,8-9,13-14,16-17,32H2,1,3-6H3;1-3H,(H,6,7)/t18-,22?,23?,24?,25?,26?,29?,30?;/m1./s1. The van der Waals surface area contributed by atoms with E-state index in [1.54, 1.807) is 6.08 Å². The van der Waals surface area contributed by atoms with Crippen LogP contribution in [-0.2, 0) is 14.3 Å². The van der Waals surface area contributed by atoms with Gasteiger partial charge in [0.25, 0.3) is 0 Å². The zero-order valence-corrected chi connectivity index (χ0v) is 27.0. The number of rotatable bonds is 6. The Morgan fingerprint density at radius 1 is 1.34 bits per heavy atom. The van der Waals surface area contributed by atoms with Crippen LogP contribution in [0.5, 0.6) is 0 Å². The number of aromatic carboxylic acids is 1. The van der Waals surface area contributed by atoms with Crippen molar-refractivity contribution in [1.82, 2.24) is 0 Å². The lowest BCUT2D eigenvalue weighted by Crippen LogP contribution is -2.58. The minimum atomic E-state index is -1.40. The fourth-order valence-electron chi connectivity index (χ4n) is 8.57. The van der Waals surface area contributed by atoms with Gasteiger partial charge in [-0.3, -0.25) is 9.59 Å². The third-order valence-electron chi connectivity index (χ3n) is 10.1. The Hall–Kier alpha value is -3.09. The smallest absolute Gasteiger partial charge is 0.371 e. The van der Waals surface area contributed by atoms with Gasteiger partial charge >= 0.3 is 5.97 Å². The molecule has 0 bridgehead atoms. The molecule has 238 valence electrons. The first-order valence-corrected chi connectivity index (χ1v) is 16.2. The van der Waals surface area contributed by atoms with Crippen LogP contribution in [0.15, 0.2) is 59.0 Å². The second-order valence-electron chi connectivity index (χ2n) is 13.8. The van der Waals surface area contributed by atoms with Gasteiger partial charge in [0.2, 0.25) is 5.76 Å². The number of ether oxygens (including phenoxy) is 1. The summed E-state index contributed by atoms with van der Waals surface area (Å²) in [6, 6.07) is 2.90. The second kappa shape index (κ2) is 13.1. The predicted molar refractivity (Wildman–Crippen MR) is 169 cm³/mol. The lowest BCUT2D eigenvalue weighted by molar-refractivity contribution is -0.122. The van der Waals surface area contributed by atoms with Gasteiger partial charge in [-0.25, -0.2) is 9.18 Å². The first-order chi connectivity index (χ1) is 20.6. The number of ketones is 1. The quantitative estimate of drug-likeness (QED) is 0.257. The molecule has 3 saturated carbocycles. The topological polar surface area (TPSA) is 120 Å².